The quantitative estimate of drug-likeness (QED) is 0.682. The number of hydrogen-bond acceptors (Lipinski definition) is 4. The molecule has 4 rings (SSSR count). The van der Waals surface area contributed by atoms with Crippen molar-refractivity contribution < 1.29 is 9.13 Å². The molecule has 0 saturated heterocycles. The summed E-state index contributed by atoms with van der Waals surface area (Å²) in [6.07, 6.45) is 4.72. The van der Waals surface area contributed by atoms with E-state index in [4.69, 9.17) is 9.72 Å². The van der Waals surface area contributed by atoms with Gasteiger partial charge in [0.15, 0.2) is 0 Å². The van der Waals surface area contributed by atoms with Crippen molar-refractivity contribution in [2.45, 2.75) is 38.6 Å². The molecule has 1 aromatic carbocycles. The topological polar surface area (TPSA) is 44.1 Å². The van der Waals surface area contributed by atoms with Gasteiger partial charge in [-0.1, -0.05) is 12.1 Å². The van der Waals surface area contributed by atoms with Crippen LogP contribution in [0.25, 0.3) is 10.2 Å². The second-order valence-corrected chi connectivity index (χ2v) is 7.67. The molecule has 6 heteroatoms. The lowest BCUT2D eigenvalue weighted by molar-refractivity contribution is 0.414. The molecule has 2 aromatic heterocycles. The zero-order valence-electron chi connectivity index (χ0n) is 14.8. The molecule has 0 amide bonds. The van der Waals surface area contributed by atoms with Crippen LogP contribution >= 0.6 is 11.3 Å². The summed E-state index contributed by atoms with van der Waals surface area (Å²) in [6.45, 7) is -0.521. The van der Waals surface area contributed by atoms with E-state index in [0.29, 0.717) is 12.2 Å². The van der Waals surface area contributed by atoms with Crippen molar-refractivity contribution in [3.63, 3.8) is 0 Å². The highest BCUT2D eigenvalue weighted by atomic mass is 32.1. The van der Waals surface area contributed by atoms with Crippen LogP contribution in [-0.2, 0) is 25.8 Å². The van der Waals surface area contributed by atoms with Crippen molar-refractivity contribution in [3.05, 3.63) is 56.4 Å². The number of alkyl halides is 1. The van der Waals surface area contributed by atoms with Gasteiger partial charge in [0.25, 0.3) is 5.56 Å². The molecule has 0 fully saturated rings. The molecule has 4 nitrogen and oxygen atoms in total. The Morgan fingerprint density at radius 1 is 1.23 bits per heavy atom. The Bertz CT molecular complexity index is 992. The lowest BCUT2D eigenvalue weighted by Crippen LogP contribution is -2.26. The Labute approximate surface area is 155 Å². The van der Waals surface area contributed by atoms with Crippen LogP contribution in [0.2, 0.25) is 0 Å². The number of aromatic nitrogens is 2. The molecule has 26 heavy (non-hydrogen) atoms. The fraction of sp³-hybridized carbons (Fsp3) is 0.400. The molecule has 0 N–H and O–H groups in total. The van der Waals surface area contributed by atoms with Gasteiger partial charge in [-0.2, -0.15) is 0 Å². The molecule has 0 aliphatic heterocycles. The van der Waals surface area contributed by atoms with Gasteiger partial charge in [-0.25, -0.2) is 9.37 Å². The molecule has 0 unspecified atom stereocenters. The highest BCUT2D eigenvalue weighted by molar-refractivity contribution is 7.18. The summed E-state index contributed by atoms with van der Waals surface area (Å²) >= 11 is 1.63. The van der Waals surface area contributed by atoms with E-state index in [-0.39, 0.29) is 12.1 Å². The lowest BCUT2D eigenvalue weighted by atomic mass is 9.97. The lowest BCUT2D eigenvalue weighted by Gasteiger charge is -2.13. The predicted octanol–water partition coefficient (Wildman–Crippen LogP) is 3.91. The highest BCUT2D eigenvalue weighted by Gasteiger charge is 2.22. The summed E-state index contributed by atoms with van der Waals surface area (Å²) in [4.78, 5) is 20.0. The highest BCUT2D eigenvalue weighted by Crippen LogP contribution is 2.34. The average molecular weight is 372 g/mol. The largest absolute Gasteiger partial charge is 0.497 e. The molecule has 0 spiro atoms. The summed E-state index contributed by atoms with van der Waals surface area (Å²) in [5, 5.41) is 0.719. The monoisotopic (exact) mass is 372 g/mol. The summed E-state index contributed by atoms with van der Waals surface area (Å²) in [7, 11) is 1.63. The van der Waals surface area contributed by atoms with Crippen molar-refractivity contribution in [1.82, 2.24) is 9.55 Å². The van der Waals surface area contributed by atoms with Gasteiger partial charge in [-0.05, 0) is 48.9 Å². The number of fused-ring (bicyclic) bond motifs is 3. The van der Waals surface area contributed by atoms with Gasteiger partial charge in [-0.3, -0.25) is 9.36 Å². The minimum Gasteiger partial charge on any atom is -0.497 e. The molecule has 136 valence electrons. The van der Waals surface area contributed by atoms with E-state index in [1.54, 1.807) is 18.4 Å². The van der Waals surface area contributed by atoms with Crippen LogP contribution in [0.15, 0.2) is 29.1 Å². The zero-order chi connectivity index (χ0) is 18.1. The number of benzene rings is 1. The van der Waals surface area contributed by atoms with Crippen LogP contribution in [0.3, 0.4) is 0 Å². The van der Waals surface area contributed by atoms with E-state index in [2.05, 4.69) is 0 Å². The van der Waals surface area contributed by atoms with E-state index >= 15 is 0 Å². The maximum atomic E-state index is 13.1. The number of thiophene rings is 1. The van der Waals surface area contributed by atoms with Gasteiger partial charge in [0, 0.05) is 11.3 Å². The number of hydrogen-bond donors (Lipinski definition) is 0. The number of nitrogens with zero attached hydrogens (tertiary/aromatic N) is 2. The van der Waals surface area contributed by atoms with E-state index in [9.17, 15) is 9.18 Å². The Hall–Kier alpha value is -2.21. The van der Waals surface area contributed by atoms with Gasteiger partial charge in [0.05, 0.1) is 19.0 Å². The summed E-state index contributed by atoms with van der Waals surface area (Å²) in [5.41, 5.74) is 2.08. The van der Waals surface area contributed by atoms with Crippen LogP contribution < -0.4 is 10.3 Å². The van der Waals surface area contributed by atoms with E-state index in [1.165, 1.54) is 9.44 Å². The number of methoxy groups -OCH3 is 1. The first kappa shape index (κ1) is 17.2. The van der Waals surface area contributed by atoms with Gasteiger partial charge < -0.3 is 4.74 Å². The maximum Gasteiger partial charge on any atom is 0.262 e. The Morgan fingerprint density at radius 2 is 2.00 bits per heavy atom. The minimum absolute atomic E-state index is 0.0535. The van der Waals surface area contributed by atoms with Crippen LogP contribution in [-0.4, -0.2) is 23.3 Å². The second kappa shape index (κ2) is 7.19. The standard InChI is InChI=1S/C20H21FN2O2S/c1-25-14-8-6-13(7-9-14)12-17-22-19-18(20(24)23(17)11-10-21)15-4-2-3-5-16(15)26-19/h6-9H,2-5,10-12H2,1H3. The van der Waals surface area contributed by atoms with Gasteiger partial charge in [0.1, 0.15) is 23.1 Å². The molecule has 1 aliphatic carbocycles. The second-order valence-electron chi connectivity index (χ2n) is 6.59. The summed E-state index contributed by atoms with van der Waals surface area (Å²) < 4.78 is 19.8. The first-order valence-electron chi connectivity index (χ1n) is 8.94. The fourth-order valence-electron chi connectivity index (χ4n) is 3.66. The Balaban J connectivity index is 1.82. The van der Waals surface area contributed by atoms with Gasteiger partial charge in [0.2, 0.25) is 0 Å². The molecule has 2 heterocycles. The van der Waals surface area contributed by atoms with Crippen LogP contribution in [0.1, 0.15) is 34.7 Å². The van der Waals surface area contributed by atoms with Gasteiger partial charge >= 0.3 is 0 Å². The SMILES string of the molecule is COc1ccc(Cc2nc3sc4c(c3c(=O)n2CCF)CCCC4)cc1. The van der Waals surface area contributed by atoms with E-state index < -0.39 is 6.67 Å². The van der Waals surface area contributed by atoms with Crippen molar-refractivity contribution in [1.29, 1.82) is 0 Å². The number of rotatable bonds is 5. The smallest absolute Gasteiger partial charge is 0.262 e. The molecule has 3 aromatic rings. The molecule has 0 atom stereocenters. The van der Waals surface area contributed by atoms with Crippen LogP contribution in [0, 0.1) is 0 Å². The predicted molar refractivity (Wildman–Crippen MR) is 102 cm³/mol. The van der Waals surface area contributed by atoms with Crippen molar-refractivity contribution in [3.8, 4) is 5.75 Å². The Kier molecular flexibility index (Phi) is 4.76. The number of ether oxygens (including phenoxy) is 1. The fourth-order valence-corrected chi connectivity index (χ4v) is 4.93. The first-order valence-corrected chi connectivity index (χ1v) is 9.75. The van der Waals surface area contributed by atoms with Crippen LogP contribution in [0.4, 0.5) is 4.39 Å². The van der Waals surface area contributed by atoms with Gasteiger partial charge in [-0.15, -0.1) is 11.3 Å². The first-order chi connectivity index (χ1) is 12.7. The summed E-state index contributed by atoms with van der Waals surface area (Å²) in [6, 6.07) is 7.67. The minimum atomic E-state index is -0.574. The molecular weight excluding hydrogens is 351 g/mol. The summed E-state index contributed by atoms with van der Waals surface area (Å²) in [5.74, 6) is 1.41. The average Bonchev–Trinajstić information content (AvgIpc) is 3.04. The third-order valence-corrected chi connectivity index (χ3v) is 6.17. The van der Waals surface area contributed by atoms with Crippen LogP contribution in [0.5, 0.6) is 5.75 Å². The van der Waals surface area contributed by atoms with Crippen molar-refractivity contribution in [2.75, 3.05) is 13.8 Å². The molecule has 0 bridgehead atoms. The molecular formula is C20H21FN2O2S. The third kappa shape index (κ3) is 3.03. The Morgan fingerprint density at radius 3 is 2.73 bits per heavy atom. The maximum absolute atomic E-state index is 13.1. The molecule has 0 saturated carbocycles. The van der Waals surface area contributed by atoms with Crippen molar-refractivity contribution >= 4 is 21.6 Å². The zero-order valence-corrected chi connectivity index (χ0v) is 15.6. The van der Waals surface area contributed by atoms with Crippen molar-refractivity contribution in [2.24, 2.45) is 0 Å². The van der Waals surface area contributed by atoms with E-state index in [1.807, 2.05) is 24.3 Å². The third-order valence-electron chi connectivity index (χ3n) is 4.98. The molecule has 0 radical (unpaired) electrons. The molecule has 1 aliphatic rings. The normalized spacial score (nSPS) is 13.8. The number of aryl methyl sites for hydroxylation is 2. The van der Waals surface area contributed by atoms with E-state index in [0.717, 1.165) is 52.8 Å². The number of halogens is 1.